The third-order valence-corrected chi connectivity index (χ3v) is 5.24. The van der Waals surface area contributed by atoms with Crippen LogP contribution in [0.4, 0.5) is 5.69 Å². The van der Waals surface area contributed by atoms with Crippen molar-refractivity contribution in [3.05, 3.63) is 41.6 Å². The Morgan fingerprint density at radius 3 is 2.76 bits per heavy atom. The molecule has 0 spiro atoms. The van der Waals surface area contributed by atoms with Gasteiger partial charge in [-0.3, -0.25) is 9.59 Å². The predicted molar refractivity (Wildman–Crippen MR) is 111 cm³/mol. The second-order valence-electron chi connectivity index (χ2n) is 7.38. The minimum Gasteiger partial charge on any atom is -0.481 e. The van der Waals surface area contributed by atoms with E-state index < -0.39 is 0 Å². The number of amides is 1. The molecule has 0 saturated heterocycles. The van der Waals surface area contributed by atoms with E-state index in [4.69, 9.17) is 15.2 Å². The van der Waals surface area contributed by atoms with Gasteiger partial charge in [-0.15, -0.1) is 0 Å². The summed E-state index contributed by atoms with van der Waals surface area (Å²) in [5.74, 6) is -0.0811. The molecule has 0 fully saturated rings. The number of nitrogens with one attached hydrogen (secondary N) is 1. The van der Waals surface area contributed by atoms with E-state index in [-0.39, 0.29) is 30.3 Å². The van der Waals surface area contributed by atoms with Crippen molar-refractivity contribution in [3.63, 3.8) is 0 Å². The van der Waals surface area contributed by atoms with E-state index in [1.807, 2.05) is 37.3 Å². The monoisotopic (exact) mass is 397 g/mol. The molecule has 0 saturated carbocycles. The molecule has 1 aromatic heterocycles. The van der Waals surface area contributed by atoms with Gasteiger partial charge in [0.25, 0.3) is 0 Å². The number of hydrogen-bond acceptors (Lipinski definition) is 6. The van der Waals surface area contributed by atoms with Gasteiger partial charge in [0.15, 0.2) is 0 Å². The van der Waals surface area contributed by atoms with Crippen molar-refractivity contribution in [1.82, 2.24) is 4.98 Å². The van der Waals surface area contributed by atoms with Crippen LogP contribution in [0, 0.1) is 5.92 Å². The average Bonchev–Trinajstić information content (AvgIpc) is 2.72. The van der Waals surface area contributed by atoms with Crippen LogP contribution in [0.25, 0.3) is 11.1 Å². The first-order valence-corrected chi connectivity index (χ1v) is 9.73. The lowest BCUT2D eigenvalue weighted by Gasteiger charge is -2.20. The maximum atomic E-state index is 12.7. The Labute approximate surface area is 170 Å². The molecule has 0 unspecified atom stereocenters. The van der Waals surface area contributed by atoms with E-state index in [1.54, 1.807) is 7.11 Å². The highest BCUT2D eigenvalue weighted by Crippen LogP contribution is 2.34. The van der Waals surface area contributed by atoms with Gasteiger partial charge in [0, 0.05) is 29.3 Å². The van der Waals surface area contributed by atoms with Crippen molar-refractivity contribution in [2.45, 2.75) is 38.6 Å². The third kappa shape index (κ3) is 4.92. The minimum absolute atomic E-state index is 0.0585. The van der Waals surface area contributed by atoms with Crippen molar-refractivity contribution in [3.8, 4) is 17.0 Å². The number of carbonyl (C=O) groups is 2. The second-order valence-corrected chi connectivity index (χ2v) is 7.38. The zero-order chi connectivity index (χ0) is 21.0. The van der Waals surface area contributed by atoms with Crippen LogP contribution < -0.4 is 15.8 Å². The number of ether oxygens (including phenoxy) is 2. The van der Waals surface area contributed by atoms with E-state index in [0.29, 0.717) is 11.6 Å². The zero-order valence-electron chi connectivity index (χ0n) is 17.0. The molecule has 2 aromatic rings. The standard InChI is InChI=1S/C22H27N3O4/c1-13-5-4-6-17(23)19-11-15(12-20(24-19)28-2)16-8-7-14(10-21(26)29-3)9-18(16)25-22(13)27/h7-9,11-13,17H,4-6,10,23H2,1-3H3,(H,25,27)/t13-,17-/m0/s1. The lowest BCUT2D eigenvalue weighted by Crippen LogP contribution is -2.22. The van der Waals surface area contributed by atoms with Crippen molar-refractivity contribution < 1.29 is 19.1 Å². The number of nitrogens with zero attached hydrogens (tertiary/aromatic N) is 1. The van der Waals surface area contributed by atoms with E-state index in [1.165, 1.54) is 7.11 Å². The van der Waals surface area contributed by atoms with Crippen LogP contribution >= 0.6 is 0 Å². The molecule has 0 aliphatic carbocycles. The van der Waals surface area contributed by atoms with Gasteiger partial charge in [-0.25, -0.2) is 4.98 Å². The molecule has 2 bridgehead atoms. The Bertz CT molecular complexity index is 913. The Morgan fingerprint density at radius 2 is 2.03 bits per heavy atom. The number of pyridine rings is 1. The number of hydrogen-bond donors (Lipinski definition) is 2. The van der Waals surface area contributed by atoms with E-state index >= 15 is 0 Å². The normalized spacial score (nSPS) is 19.2. The van der Waals surface area contributed by atoms with Crippen molar-refractivity contribution in [2.75, 3.05) is 19.5 Å². The molecule has 1 aliphatic rings. The number of nitrogens with two attached hydrogens (primary N) is 1. The summed E-state index contributed by atoms with van der Waals surface area (Å²) in [4.78, 5) is 28.9. The number of rotatable bonds is 3. The molecule has 3 N–H and O–H groups in total. The number of fused-ring (bicyclic) bond motifs is 4. The number of carbonyl (C=O) groups excluding carboxylic acids is 2. The quantitative estimate of drug-likeness (QED) is 0.771. The molecule has 154 valence electrons. The first-order valence-electron chi connectivity index (χ1n) is 9.73. The van der Waals surface area contributed by atoms with Gasteiger partial charge in [-0.05, 0) is 36.1 Å². The molecule has 0 radical (unpaired) electrons. The maximum absolute atomic E-state index is 12.7. The van der Waals surface area contributed by atoms with Crippen LogP contribution in [0.15, 0.2) is 30.3 Å². The first kappa shape index (κ1) is 20.8. The molecule has 2 heterocycles. The minimum atomic E-state index is -0.336. The highest BCUT2D eigenvalue weighted by atomic mass is 16.5. The number of anilines is 1. The van der Waals surface area contributed by atoms with Gasteiger partial charge in [0.1, 0.15) is 0 Å². The molecule has 2 atom stereocenters. The Morgan fingerprint density at radius 1 is 1.24 bits per heavy atom. The van der Waals surface area contributed by atoms with Crippen LogP contribution in [0.2, 0.25) is 0 Å². The highest BCUT2D eigenvalue weighted by molar-refractivity contribution is 5.97. The van der Waals surface area contributed by atoms with Gasteiger partial charge < -0.3 is 20.5 Å². The van der Waals surface area contributed by atoms with Crippen LogP contribution in [-0.2, 0) is 20.7 Å². The van der Waals surface area contributed by atoms with Gasteiger partial charge in [0.05, 0.1) is 26.3 Å². The second kappa shape index (κ2) is 9.05. The van der Waals surface area contributed by atoms with Crippen LogP contribution in [0.1, 0.15) is 43.5 Å². The third-order valence-electron chi connectivity index (χ3n) is 5.24. The summed E-state index contributed by atoms with van der Waals surface area (Å²) in [6, 6.07) is 9.06. The average molecular weight is 397 g/mol. The summed E-state index contributed by atoms with van der Waals surface area (Å²) in [5, 5.41) is 3.03. The van der Waals surface area contributed by atoms with Crippen molar-refractivity contribution >= 4 is 17.6 Å². The Balaban J connectivity index is 2.13. The summed E-state index contributed by atoms with van der Waals surface area (Å²) < 4.78 is 10.1. The molecule has 7 nitrogen and oxygen atoms in total. The molecule has 7 heteroatoms. The fraction of sp³-hybridized carbons (Fsp3) is 0.409. The smallest absolute Gasteiger partial charge is 0.309 e. The summed E-state index contributed by atoms with van der Waals surface area (Å²) in [6.07, 6.45) is 2.42. The summed E-state index contributed by atoms with van der Waals surface area (Å²) in [6.45, 7) is 1.91. The van der Waals surface area contributed by atoms with E-state index in [9.17, 15) is 9.59 Å². The summed E-state index contributed by atoms with van der Waals surface area (Å²) in [7, 11) is 2.92. The lowest BCUT2D eigenvalue weighted by atomic mass is 9.95. The zero-order valence-corrected chi connectivity index (χ0v) is 17.0. The summed E-state index contributed by atoms with van der Waals surface area (Å²) in [5.41, 5.74) is 10.2. The maximum Gasteiger partial charge on any atom is 0.309 e. The first-order chi connectivity index (χ1) is 13.9. The fourth-order valence-corrected chi connectivity index (χ4v) is 3.45. The Hall–Kier alpha value is -2.93. The molecular weight excluding hydrogens is 370 g/mol. The fourth-order valence-electron chi connectivity index (χ4n) is 3.45. The van der Waals surface area contributed by atoms with Crippen LogP contribution in [-0.4, -0.2) is 31.1 Å². The molecule has 1 amide bonds. The van der Waals surface area contributed by atoms with Crippen LogP contribution in [0.5, 0.6) is 5.88 Å². The van der Waals surface area contributed by atoms with Gasteiger partial charge >= 0.3 is 5.97 Å². The lowest BCUT2D eigenvalue weighted by molar-refractivity contribution is -0.139. The topological polar surface area (TPSA) is 104 Å². The van der Waals surface area contributed by atoms with Crippen LogP contribution in [0.3, 0.4) is 0 Å². The SMILES string of the molecule is COC(=O)Cc1ccc2c(c1)NC(=O)[C@@H](C)CCC[C@H](N)c1cc-2cc(OC)n1. The largest absolute Gasteiger partial charge is 0.481 e. The van der Waals surface area contributed by atoms with Crippen molar-refractivity contribution in [2.24, 2.45) is 11.7 Å². The highest BCUT2D eigenvalue weighted by Gasteiger charge is 2.20. The summed E-state index contributed by atoms with van der Waals surface area (Å²) >= 11 is 0. The predicted octanol–water partition coefficient (Wildman–Crippen LogP) is 3.23. The molecule has 1 aromatic carbocycles. The van der Waals surface area contributed by atoms with Gasteiger partial charge in [-0.1, -0.05) is 25.5 Å². The molecular formula is C22H27N3O4. The molecule has 3 rings (SSSR count). The van der Waals surface area contributed by atoms with Crippen molar-refractivity contribution in [1.29, 1.82) is 0 Å². The Kier molecular flexibility index (Phi) is 6.49. The number of aromatic nitrogens is 1. The van der Waals surface area contributed by atoms with E-state index in [0.717, 1.165) is 41.6 Å². The molecule has 29 heavy (non-hydrogen) atoms. The number of esters is 1. The molecule has 1 aliphatic heterocycles. The van der Waals surface area contributed by atoms with Gasteiger partial charge in [-0.2, -0.15) is 0 Å². The van der Waals surface area contributed by atoms with E-state index in [2.05, 4.69) is 10.3 Å². The number of methoxy groups -OCH3 is 2. The van der Waals surface area contributed by atoms with Gasteiger partial charge in [0.2, 0.25) is 11.8 Å². The number of benzene rings is 1.